The minimum absolute atomic E-state index is 0.0740. The number of hydrogen-bond acceptors (Lipinski definition) is 4. The van der Waals surface area contributed by atoms with E-state index in [1.165, 1.54) is 6.07 Å². The van der Waals surface area contributed by atoms with E-state index in [4.69, 9.17) is 9.16 Å². The van der Waals surface area contributed by atoms with E-state index in [1.54, 1.807) is 43.5 Å². The molecule has 0 radical (unpaired) electrons. The Balaban J connectivity index is 1.80. The summed E-state index contributed by atoms with van der Waals surface area (Å²) in [6.07, 6.45) is 1.75. The molecule has 1 atom stereocenters. The molecule has 35 heavy (non-hydrogen) atoms. The molecule has 0 spiro atoms. The number of rotatable bonds is 6. The van der Waals surface area contributed by atoms with Crippen LogP contribution in [0.15, 0.2) is 72.8 Å². The van der Waals surface area contributed by atoms with Crippen LogP contribution in [0.1, 0.15) is 53.4 Å². The molecule has 0 saturated heterocycles. The fourth-order valence-corrected chi connectivity index (χ4v) is 5.22. The van der Waals surface area contributed by atoms with E-state index >= 15 is 0 Å². The molecule has 0 saturated carbocycles. The van der Waals surface area contributed by atoms with Crippen LogP contribution in [0.3, 0.4) is 0 Å². The lowest BCUT2D eigenvalue weighted by Gasteiger charge is -2.36. The van der Waals surface area contributed by atoms with Crippen LogP contribution in [0.25, 0.3) is 5.57 Å². The Hall–Kier alpha value is -3.35. The summed E-state index contributed by atoms with van der Waals surface area (Å²) in [7, 11) is -0.400. The average Bonchev–Trinajstić information content (AvgIpc) is 3.12. The fourth-order valence-electron chi connectivity index (χ4n) is 4.19. The van der Waals surface area contributed by atoms with Crippen LogP contribution in [0.2, 0.25) is 18.1 Å². The van der Waals surface area contributed by atoms with Crippen molar-refractivity contribution in [2.45, 2.75) is 44.5 Å². The predicted octanol–water partition coefficient (Wildman–Crippen LogP) is 6.46. The second kappa shape index (κ2) is 8.70. The SMILES string of the molecule is COc1ccc(C2(O)C=C(c3ccc(O[Si](C)(C)C(C)(C)C)cc3)c3cccc(C(=O)O)c32)cc1. The summed E-state index contributed by atoms with van der Waals surface area (Å²) in [6.45, 7) is 11.0. The molecular formula is C29H32O5Si. The molecule has 1 aliphatic rings. The molecular weight excluding hydrogens is 456 g/mol. The monoisotopic (exact) mass is 488 g/mol. The summed E-state index contributed by atoms with van der Waals surface area (Å²) in [5.74, 6) is 0.383. The highest BCUT2D eigenvalue weighted by molar-refractivity contribution is 6.74. The number of carboxylic acids is 1. The van der Waals surface area contributed by atoms with Crippen LogP contribution in [-0.4, -0.2) is 31.6 Å². The highest BCUT2D eigenvalue weighted by Crippen LogP contribution is 2.48. The fraction of sp³-hybridized carbons (Fsp3) is 0.276. The highest BCUT2D eigenvalue weighted by Gasteiger charge is 2.42. The van der Waals surface area contributed by atoms with E-state index in [9.17, 15) is 15.0 Å². The molecule has 182 valence electrons. The van der Waals surface area contributed by atoms with Crippen LogP contribution in [-0.2, 0) is 5.60 Å². The molecule has 0 fully saturated rings. The number of ether oxygens (including phenoxy) is 1. The van der Waals surface area contributed by atoms with Crippen molar-refractivity contribution >= 4 is 19.9 Å². The third kappa shape index (κ3) is 4.40. The second-order valence-corrected chi connectivity index (χ2v) is 15.2. The van der Waals surface area contributed by atoms with Crippen molar-refractivity contribution in [3.05, 3.63) is 101 Å². The van der Waals surface area contributed by atoms with Gasteiger partial charge in [0.2, 0.25) is 8.32 Å². The standard InChI is InChI=1S/C29H32O5Si/c1-28(2,3)35(5,6)34-22-14-10-19(11-15-22)25-18-29(32,20-12-16-21(33-4)17-13-20)26-23(25)8-7-9-24(26)27(30)31/h7-18,32H,1-6H3,(H,30,31). The molecule has 5 nitrogen and oxygen atoms in total. The second-order valence-electron chi connectivity index (χ2n) is 10.5. The first-order chi connectivity index (χ1) is 16.4. The summed E-state index contributed by atoms with van der Waals surface area (Å²) in [5.41, 5.74) is 1.77. The lowest BCUT2D eigenvalue weighted by Crippen LogP contribution is -2.43. The third-order valence-electron chi connectivity index (χ3n) is 7.19. The average molecular weight is 489 g/mol. The van der Waals surface area contributed by atoms with Gasteiger partial charge in [-0.25, -0.2) is 4.79 Å². The molecule has 0 amide bonds. The molecule has 0 aromatic heterocycles. The zero-order chi connectivity index (χ0) is 25.6. The molecule has 0 heterocycles. The van der Waals surface area contributed by atoms with Gasteiger partial charge >= 0.3 is 5.97 Å². The van der Waals surface area contributed by atoms with Gasteiger partial charge in [-0.2, -0.15) is 0 Å². The number of carboxylic acid groups (broad SMARTS) is 1. The van der Waals surface area contributed by atoms with Crippen molar-refractivity contribution in [2.75, 3.05) is 7.11 Å². The molecule has 0 aliphatic heterocycles. The lowest BCUT2D eigenvalue weighted by molar-refractivity contribution is 0.0683. The van der Waals surface area contributed by atoms with E-state index in [0.717, 1.165) is 16.9 Å². The normalized spacial score (nSPS) is 17.5. The van der Waals surface area contributed by atoms with E-state index in [1.807, 2.05) is 30.3 Å². The number of fused-ring (bicyclic) bond motifs is 1. The molecule has 3 aromatic carbocycles. The van der Waals surface area contributed by atoms with Crippen LogP contribution < -0.4 is 9.16 Å². The maximum atomic E-state index is 12.1. The Labute approximate surface area is 207 Å². The van der Waals surface area contributed by atoms with Gasteiger partial charge in [0.1, 0.15) is 17.1 Å². The summed E-state index contributed by atoms with van der Waals surface area (Å²) in [6, 6.07) is 20.0. The first-order valence-corrected chi connectivity index (χ1v) is 14.5. The Morgan fingerprint density at radius 1 is 0.914 bits per heavy atom. The number of methoxy groups -OCH3 is 1. The van der Waals surface area contributed by atoms with Crippen molar-refractivity contribution in [1.29, 1.82) is 0 Å². The van der Waals surface area contributed by atoms with Crippen molar-refractivity contribution in [3.63, 3.8) is 0 Å². The molecule has 4 rings (SSSR count). The predicted molar refractivity (Wildman–Crippen MR) is 141 cm³/mol. The third-order valence-corrected chi connectivity index (χ3v) is 11.6. The first-order valence-electron chi connectivity index (χ1n) is 11.6. The Morgan fingerprint density at radius 3 is 2.06 bits per heavy atom. The smallest absolute Gasteiger partial charge is 0.336 e. The minimum Gasteiger partial charge on any atom is -0.544 e. The van der Waals surface area contributed by atoms with Crippen LogP contribution in [0.5, 0.6) is 11.5 Å². The molecule has 6 heteroatoms. The van der Waals surface area contributed by atoms with E-state index in [0.29, 0.717) is 22.4 Å². The van der Waals surface area contributed by atoms with E-state index in [2.05, 4.69) is 33.9 Å². The zero-order valence-corrected chi connectivity index (χ0v) is 22.0. The number of aromatic carboxylic acids is 1. The Morgan fingerprint density at radius 2 is 1.51 bits per heavy atom. The summed E-state index contributed by atoms with van der Waals surface area (Å²) >= 11 is 0. The van der Waals surface area contributed by atoms with Crippen LogP contribution >= 0.6 is 0 Å². The summed E-state index contributed by atoms with van der Waals surface area (Å²) in [5, 5.41) is 21.9. The number of carbonyl (C=O) groups is 1. The molecule has 2 N–H and O–H groups in total. The van der Waals surface area contributed by atoms with Gasteiger partial charge in [-0.15, -0.1) is 0 Å². The first kappa shape index (κ1) is 24.8. The molecule has 3 aromatic rings. The van der Waals surface area contributed by atoms with Gasteiger partial charge in [-0.1, -0.05) is 57.2 Å². The number of aliphatic hydroxyl groups is 1. The van der Waals surface area contributed by atoms with Crippen molar-refractivity contribution in [2.24, 2.45) is 0 Å². The lowest BCUT2D eigenvalue weighted by atomic mass is 9.85. The largest absolute Gasteiger partial charge is 0.544 e. The topological polar surface area (TPSA) is 76.0 Å². The van der Waals surface area contributed by atoms with Crippen molar-refractivity contribution in [3.8, 4) is 11.5 Å². The number of hydrogen-bond donors (Lipinski definition) is 2. The van der Waals surface area contributed by atoms with Crippen molar-refractivity contribution < 1.29 is 24.2 Å². The molecule has 0 bridgehead atoms. The zero-order valence-electron chi connectivity index (χ0n) is 21.0. The maximum absolute atomic E-state index is 12.1. The van der Waals surface area contributed by atoms with Gasteiger partial charge in [0, 0.05) is 5.56 Å². The van der Waals surface area contributed by atoms with Gasteiger partial charge in [0.25, 0.3) is 0 Å². The van der Waals surface area contributed by atoms with Gasteiger partial charge < -0.3 is 19.4 Å². The van der Waals surface area contributed by atoms with E-state index < -0.39 is 19.9 Å². The maximum Gasteiger partial charge on any atom is 0.336 e. The van der Waals surface area contributed by atoms with Crippen LogP contribution in [0, 0.1) is 0 Å². The quantitative estimate of drug-likeness (QED) is 0.390. The van der Waals surface area contributed by atoms with E-state index in [-0.39, 0.29) is 10.6 Å². The van der Waals surface area contributed by atoms with Gasteiger partial charge in [-0.3, -0.25) is 0 Å². The van der Waals surface area contributed by atoms with Crippen LogP contribution in [0.4, 0.5) is 0 Å². The minimum atomic E-state index is -1.98. The number of benzene rings is 3. The molecule has 1 unspecified atom stereocenters. The van der Waals surface area contributed by atoms with Gasteiger partial charge in [0.15, 0.2) is 0 Å². The van der Waals surface area contributed by atoms with Gasteiger partial charge in [0.05, 0.1) is 12.7 Å². The Kier molecular flexibility index (Phi) is 6.15. The summed E-state index contributed by atoms with van der Waals surface area (Å²) < 4.78 is 11.7. The van der Waals surface area contributed by atoms with Crippen molar-refractivity contribution in [1.82, 2.24) is 0 Å². The van der Waals surface area contributed by atoms with Gasteiger partial charge in [-0.05, 0) is 76.8 Å². The summed E-state index contributed by atoms with van der Waals surface area (Å²) in [4.78, 5) is 12.1. The Bertz CT molecular complexity index is 1280. The highest BCUT2D eigenvalue weighted by atomic mass is 28.4. The molecule has 1 aliphatic carbocycles.